The van der Waals surface area contributed by atoms with E-state index in [9.17, 15) is 22.0 Å². The van der Waals surface area contributed by atoms with Gasteiger partial charge in [-0.15, -0.1) is 0 Å². The molecule has 0 spiro atoms. The second kappa shape index (κ2) is 6.94. The van der Waals surface area contributed by atoms with E-state index >= 15 is 0 Å². The van der Waals surface area contributed by atoms with Gasteiger partial charge in [0.05, 0.1) is 11.5 Å². The standard InChI is InChI=1S/C16H16F2N4O3S/c1-22(11-5-7-26(24,25)9-11)16-19-6-4-14(21-16)15(23)20-10-2-3-12(17)13(18)8-10/h2-4,6,8,11H,5,7,9H2,1H3,(H,20,23). The molecule has 138 valence electrons. The molecule has 10 heteroatoms. The molecular formula is C16H16F2N4O3S. The Kier molecular flexibility index (Phi) is 4.86. The van der Waals surface area contributed by atoms with Crippen LogP contribution in [-0.2, 0) is 9.84 Å². The van der Waals surface area contributed by atoms with E-state index in [1.165, 1.54) is 18.3 Å². The summed E-state index contributed by atoms with van der Waals surface area (Å²) in [6.07, 6.45) is 1.84. The zero-order chi connectivity index (χ0) is 18.9. The molecule has 3 rings (SSSR count). The molecular weight excluding hydrogens is 366 g/mol. The average Bonchev–Trinajstić information content (AvgIpc) is 2.97. The second-order valence-corrected chi connectivity index (χ2v) is 8.22. The van der Waals surface area contributed by atoms with Crippen molar-refractivity contribution in [2.45, 2.75) is 12.5 Å². The quantitative estimate of drug-likeness (QED) is 0.864. The first kappa shape index (κ1) is 18.2. The maximum Gasteiger partial charge on any atom is 0.274 e. The van der Waals surface area contributed by atoms with Gasteiger partial charge in [0.1, 0.15) is 5.69 Å². The minimum Gasteiger partial charge on any atom is -0.340 e. The van der Waals surface area contributed by atoms with Crippen LogP contribution in [0.3, 0.4) is 0 Å². The number of carbonyl (C=O) groups excluding carboxylic acids is 1. The number of hydrogen-bond donors (Lipinski definition) is 1. The molecule has 1 fully saturated rings. The van der Waals surface area contributed by atoms with Gasteiger partial charge in [-0.05, 0) is 24.6 Å². The lowest BCUT2D eigenvalue weighted by Gasteiger charge is -2.23. The van der Waals surface area contributed by atoms with Gasteiger partial charge >= 0.3 is 0 Å². The number of amides is 1. The van der Waals surface area contributed by atoms with Gasteiger partial charge < -0.3 is 10.2 Å². The number of benzene rings is 1. The van der Waals surface area contributed by atoms with Crippen LogP contribution in [0, 0.1) is 11.6 Å². The molecule has 26 heavy (non-hydrogen) atoms. The fraction of sp³-hybridized carbons (Fsp3) is 0.312. The van der Waals surface area contributed by atoms with Gasteiger partial charge in [-0.25, -0.2) is 27.2 Å². The van der Waals surface area contributed by atoms with Crippen molar-refractivity contribution in [3.63, 3.8) is 0 Å². The maximum absolute atomic E-state index is 13.2. The minimum atomic E-state index is -3.07. The largest absolute Gasteiger partial charge is 0.340 e. The Morgan fingerprint density at radius 3 is 2.69 bits per heavy atom. The first-order chi connectivity index (χ1) is 12.2. The highest BCUT2D eigenvalue weighted by molar-refractivity contribution is 7.91. The molecule has 1 saturated heterocycles. The highest BCUT2D eigenvalue weighted by Gasteiger charge is 2.31. The van der Waals surface area contributed by atoms with Crippen molar-refractivity contribution in [2.75, 3.05) is 28.8 Å². The van der Waals surface area contributed by atoms with Crippen molar-refractivity contribution in [1.82, 2.24) is 9.97 Å². The van der Waals surface area contributed by atoms with Crippen molar-refractivity contribution in [1.29, 1.82) is 0 Å². The van der Waals surface area contributed by atoms with Gasteiger partial charge in [0.15, 0.2) is 21.5 Å². The molecule has 1 N–H and O–H groups in total. The van der Waals surface area contributed by atoms with E-state index in [0.717, 1.165) is 12.1 Å². The molecule has 0 aliphatic carbocycles. The SMILES string of the molecule is CN(c1nccc(C(=O)Nc2ccc(F)c(F)c2)n1)C1CCS(=O)(=O)C1. The van der Waals surface area contributed by atoms with E-state index in [-0.39, 0.29) is 34.9 Å². The van der Waals surface area contributed by atoms with Gasteiger partial charge in [-0.3, -0.25) is 4.79 Å². The minimum absolute atomic E-state index is 0.0120. The molecule has 1 unspecified atom stereocenters. The molecule has 2 heterocycles. The topological polar surface area (TPSA) is 92.3 Å². The molecule has 1 aliphatic heterocycles. The summed E-state index contributed by atoms with van der Waals surface area (Å²) < 4.78 is 49.4. The molecule has 0 bridgehead atoms. The molecule has 1 aliphatic rings. The maximum atomic E-state index is 13.2. The number of sulfone groups is 1. The van der Waals surface area contributed by atoms with Crippen LogP contribution in [0.5, 0.6) is 0 Å². The smallest absolute Gasteiger partial charge is 0.274 e. The number of rotatable bonds is 4. The molecule has 2 aromatic rings. The highest BCUT2D eigenvalue weighted by Crippen LogP contribution is 2.20. The normalized spacial score (nSPS) is 18.5. The first-order valence-electron chi connectivity index (χ1n) is 7.78. The third-order valence-electron chi connectivity index (χ3n) is 4.12. The Hall–Kier alpha value is -2.62. The summed E-state index contributed by atoms with van der Waals surface area (Å²) in [6.45, 7) is 0. The summed E-state index contributed by atoms with van der Waals surface area (Å²) in [7, 11) is -1.40. The monoisotopic (exact) mass is 382 g/mol. The molecule has 1 amide bonds. The predicted molar refractivity (Wildman–Crippen MR) is 91.8 cm³/mol. The Morgan fingerprint density at radius 2 is 2.04 bits per heavy atom. The van der Waals surface area contributed by atoms with E-state index in [1.54, 1.807) is 11.9 Å². The van der Waals surface area contributed by atoms with Crippen LogP contribution in [0.15, 0.2) is 30.5 Å². The van der Waals surface area contributed by atoms with Crippen LogP contribution >= 0.6 is 0 Å². The van der Waals surface area contributed by atoms with Gasteiger partial charge in [-0.2, -0.15) is 0 Å². The van der Waals surface area contributed by atoms with Gasteiger partial charge in [0.25, 0.3) is 5.91 Å². The summed E-state index contributed by atoms with van der Waals surface area (Å²) in [5.74, 6) is -2.37. The van der Waals surface area contributed by atoms with Crippen molar-refractivity contribution in [2.24, 2.45) is 0 Å². The Morgan fingerprint density at radius 1 is 1.27 bits per heavy atom. The zero-order valence-corrected chi connectivity index (χ0v) is 14.6. The molecule has 1 aromatic heterocycles. The number of nitrogens with one attached hydrogen (secondary N) is 1. The second-order valence-electron chi connectivity index (χ2n) is 5.99. The highest BCUT2D eigenvalue weighted by atomic mass is 32.2. The van der Waals surface area contributed by atoms with Crippen LogP contribution in [0.4, 0.5) is 20.4 Å². The van der Waals surface area contributed by atoms with E-state index in [2.05, 4.69) is 15.3 Å². The number of nitrogens with zero attached hydrogens (tertiary/aromatic N) is 3. The van der Waals surface area contributed by atoms with Crippen molar-refractivity contribution >= 4 is 27.4 Å². The van der Waals surface area contributed by atoms with E-state index in [1.807, 2.05) is 0 Å². The summed E-state index contributed by atoms with van der Waals surface area (Å²) in [5, 5.41) is 2.42. The van der Waals surface area contributed by atoms with E-state index in [4.69, 9.17) is 0 Å². The third kappa shape index (κ3) is 3.96. The van der Waals surface area contributed by atoms with Crippen LogP contribution in [0.2, 0.25) is 0 Å². The van der Waals surface area contributed by atoms with Gasteiger partial charge in [-0.1, -0.05) is 0 Å². The van der Waals surface area contributed by atoms with Gasteiger partial charge in [0.2, 0.25) is 5.95 Å². The lowest BCUT2D eigenvalue weighted by atomic mass is 10.2. The number of halogens is 2. The van der Waals surface area contributed by atoms with Crippen molar-refractivity contribution in [3.8, 4) is 0 Å². The predicted octanol–water partition coefficient (Wildman–Crippen LogP) is 1.63. The Balaban J connectivity index is 1.76. The van der Waals surface area contributed by atoms with Crippen LogP contribution in [-0.4, -0.2) is 48.9 Å². The van der Waals surface area contributed by atoms with Crippen LogP contribution < -0.4 is 10.2 Å². The number of aromatic nitrogens is 2. The summed E-state index contributed by atoms with van der Waals surface area (Å²) in [4.78, 5) is 22.1. The summed E-state index contributed by atoms with van der Waals surface area (Å²) in [6, 6.07) is 4.12. The number of carbonyl (C=O) groups is 1. The van der Waals surface area contributed by atoms with E-state index in [0.29, 0.717) is 6.42 Å². The van der Waals surface area contributed by atoms with Gasteiger partial charge in [0, 0.05) is 31.0 Å². The average molecular weight is 382 g/mol. The van der Waals surface area contributed by atoms with Crippen LogP contribution in [0.1, 0.15) is 16.9 Å². The molecule has 0 saturated carbocycles. The fourth-order valence-corrected chi connectivity index (χ4v) is 4.43. The van der Waals surface area contributed by atoms with E-state index < -0.39 is 27.4 Å². The third-order valence-corrected chi connectivity index (χ3v) is 5.87. The molecule has 1 atom stereocenters. The number of anilines is 2. The lowest BCUT2D eigenvalue weighted by molar-refractivity contribution is 0.102. The van der Waals surface area contributed by atoms with Crippen molar-refractivity contribution < 1.29 is 22.0 Å². The summed E-state index contributed by atoms with van der Waals surface area (Å²) >= 11 is 0. The van der Waals surface area contributed by atoms with Crippen LogP contribution in [0.25, 0.3) is 0 Å². The molecule has 1 aromatic carbocycles. The summed E-state index contributed by atoms with van der Waals surface area (Å²) in [5.41, 5.74) is 0.108. The Labute approximate surface area is 149 Å². The first-order valence-corrected chi connectivity index (χ1v) is 9.60. The number of hydrogen-bond acceptors (Lipinski definition) is 6. The fourth-order valence-electron chi connectivity index (χ4n) is 2.66. The Bertz CT molecular complexity index is 952. The molecule has 0 radical (unpaired) electrons. The molecule has 7 nitrogen and oxygen atoms in total. The van der Waals surface area contributed by atoms with Crippen molar-refractivity contribution in [3.05, 3.63) is 47.8 Å². The lowest BCUT2D eigenvalue weighted by Crippen LogP contribution is -2.34. The zero-order valence-electron chi connectivity index (χ0n) is 13.8.